The Morgan fingerprint density at radius 2 is 1.61 bits per heavy atom. The predicted octanol–water partition coefficient (Wildman–Crippen LogP) is 6.91. The topological polar surface area (TPSA) is 16.8 Å². The highest BCUT2D eigenvalue weighted by Crippen LogP contribution is 2.28. The van der Waals surface area contributed by atoms with Crippen molar-refractivity contribution >= 4 is 10.9 Å². The van der Waals surface area contributed by atoms with Gasteiger partial charge in [-0.25, -0.2) is 0 Å². The van der Waals surface area contributed by atoms with Crippen LogP contribution in [0.5, 0.6) is 0 Å². The molecule has 2 aromatic heterocycles. The first-order chi connectivity index (χ1) is 14.6. The highest BCUT2D eigenvalue weighted by molar-refractivity contribution is 5.83. The molecule has 0 atom stereocenters. The second kappa shape index (κ2) is 7.92. The lowest BCUT2D eigenvalue weighted by atomic mass is 9.89. The van der Waals surface area contributed by atoms with Gasteiger partial charge >= 0.3 is 0 Å². The van der Waals surface area contributed by atoms with Gasteiger partial charge in [0.15, 0.2) is 0 Å². The lowest BCUT2D eigenvalue weighted by molar-refractivity contribution is -0.633. The minimum absolute atomic E-state index is 0.266. The van der Waals surface area contributed by atoms with E-state index in [0.717, 1.165) is 17.7 Å². The molecular formula is C29H33N2+. The molecule has 0 saturated carbocycles. The van der Waals surface area contributed by atoms with E-state index in [1.54, 1.807) is 0 Å². The summed E-state index contributed by atoms with van der Waals surface area (Å²) >= 11 is 0. The second-order valence-corrected chi connectivity index (χ2v) is 10.1. The number of pyridine rings is 2. The molecule has 2 heterocycles. The van der Waals surface area contributed by atoms with Gasteiger partial charge in [-0.05, 0) is 73.6 Å². The molecule has 158 valence electrons. The summed E-state index contributed by atoms with van der Waals surface area (Å²) in [5, 5.41) is 1.24. The lowest BCUT2D eigenvalue weighted by Crippen LogP contribution is -2.32. The molecule has 0 aliphatic carbocycles. The van der Waals surface area contributed by atoms with E-state index < -0.39 is 0 Å². The third kappa shape index (κ3) is 4.39. The number of nitrogens with zero attached hydrogens (tertiary/aromatic N) is 2. The summed E-state index contributed by atoms with van der Waals surface area (Å²) in [6, 6.07) is 20.0. The molecule has 0 bridgehead atoms. The van der Waals surface area contributed by atoms with Crippen LogP contribution in [0.1, 0.15) is 43.0 Å². The first kappa shape index (κ1) is 21.2. The smallest absolute Gasteiger partial charge is 0.213 e. The third-order valence-corrected chi connectivity index (χ3v) is 6.12. The normalized spacial score (nSPS) is 11.8. The lowest BCUT2D eigenvalue weighted by Gasteiger charge is -2.17. The predicted molar refractivity (Wildman–Crippen MR) is 131 cm³/mol. The Morgan fingerprint density at radius 3 is 2.29 bits per heavy atom. The van der Waals surface area contributed by atoms with Gasteiger partial charge in [-0.1, -0.05) is 44.5 Å². The van der Waals surface area contributed by atoms with Gasteiger partial charge in [0.2, 0.25) is 11.2 Å². The van der Waals surface area contributed by atoms with Crippen molar-refractivity contribution in [2.45, 2.75) is 48.0 Å². The summed E-state index contributed by atoms with van der Waals surface area (Å²) in [6.45, 7) is 13.4. The fraction of sp³-hybridized carbons (Fsp3) is 0.310. The zero-order valence-corrected chi connectivity index (χ0v) is 19.9. The minimum Gasteiger partial charge on any atom is -0.256 e. The highest BCUT2D eigenvalue weighted by Gasteiger charge is 2.18. The molecule has 2 heteroatoms. The van der Waals surface area contributed by atoms with E-state index in [1.807, 2.05) is 6.20 Å². The average molecular weight is 410 g/mol. The summed E-state index contributed by atoms with van der Waals surface area (Å²) < 4.78 is 2.31. The molecule has 0 aliphatic heterocycles. The van der Waals surface area contributed by atoms with Crippen LogP contribution in [-0.4, -0.2) is 4.98 Å². The Labute approximate surface area is 186 Å². The van der Waals surface area contributed by atoms with Crippen LogP contribution in [0, 0.1) is 26.2 Å². The Kier molecular flexibility index (Phi) is 5.43. The molecule has 0 radical (unpaired) electrons. The second-order valence-electron chi connectivity index (χ2n) is 10.1. The SMILES string of the molecule is Cc1cc(C)c(C)c(-c2ccc3ccc(-c4ccc(CC(C)(C)C)cn4)cc3[n+]2C)c1. The Balaban J connectivity index is 1.78. The molecule has 0 fully saturated rings. The average Bonchev–Trinajstić information content (AvgIpc) is 2.70. The fourth-order valence-corrected chi connectivity index (χ4v) is 4.43. The number of fused-ring (bicyclic) bond motifs is 1. The zero-order valence-electron chi connectivity index (χ0n) is 19.9. The van der Waals surface area contributed by atoms with Crippen molar-refractivity contribution < 1.29 is 4.57 Å². The highest BCUT2D eigenvalue weighted by atomic mass is 14.9. The van der Waals surface area contributed by atoms with Crippen LogP contribution in [0.3, 0.4) is 0 Å². The van der Waals surface area contributed by atoms with Gasteiger partial charge in [0, 0.05) is 34.8 Å². The standard InChI is InChI=1S/C29H33N2/c1-19-14-20(2)21(3)25(15-19)27-13-11-23-9-10-24(16-28(23)31(27)7)26-12-8-22(18-30-26)17-29(4,5)6/h8-16,18H,17H2,1-7H3/q+1. The van der Waals surface area contributed by atoms with Gasteiger partial charge in [-0.15, -0.1) is 0 Å². The molecule has 0 aliphatic rings. The Hall–Kier alpha value is -3.00. The number of hydrogen-bond donors (Lipinski definition) is 0. The van der Waals surface area contributed by atoms with Crippen molar-refractivity contribution in [1.82, 2.24) is 4.98 Å². The maximum atomic E-state index is 4.78. The number of rotatable bonds is 3. The summed E-state index contributed by atoms with van der Waals surface area (Å²) in [7, 11) is 2.17. The van der Waals surface area contributed by atoms with Gasteiger partial charge < -0.3 is 0 Å². The van der Waals surface area contributed by atoms with Crippen molar-refractivity contribution in [2.24, 2.45) is 12.5 Å². The maximum Gasteiger partial charge on any atom is 0.213 e. The van der Waals surface area contributed by atoms with E-state index in [0.29, 0.717) is 0 Å². The molecule has 2 nitrogen and oxygen atoms in total. The van der Waals surface area contributed by atoms with Crippen LogP contribution in [0.25, 0.3) is 33.4 Å². The van der Waals surface area contributed by atoms with Crippen molar-refractivity contribution in [3.63, 3.8) is 0 Å². The van der Waals surface area contributed by atoms with E-state index in [2.05, 4.69) is 108 Å². The summed E-state index contributed by atoms with van der Waals surface area (Å²) in [5.74, 6) is 0. The van der Waals surface area contributed by atoms with E-state index in [4.69, 9.17) is 4.98 Å². The molecule has 31 heavy (non-hydrogen) atoms. The van der Waals surface area contributed by atoms with Gasteiger partial charge in [0.25, 0.3) is 0 Å². The molecular weight excluding hydrogens is 376 g/mol. The van der Waals surface area contributed by atoms with Crippen molar-refractivity contribution in [1.29, 1.82) is 0 Å². The van der Waals surface area contributed by atoms with Crippen LogP contribution in [0.15, 0.2) is 60.8 Å². The Morgan fingerprint density at radius 1 is 0.871 bits per heavy atom. The number of aryl methyl sites for hydroxylation is 3. The first-order valence-corrected chi connectivity index (χ1v) is 11.1. The summed E-state index contributed by atoms with van der Waals surface area (Å²) in [5.41, 5.74) is 11.5. The molecule has 0 saturated heterocycles. The van der Waals surface area contributed by atoms with Crippen molar-refractivity contribution in [3.8, 4) is 22.5 Å². The molecule has 2 aromatic carbocycles. The van der Waals surface area contributed by atoms with Gasteiger partial charge in [0.1, 0.15) is 7.05 Å². The Bertz CT molecular complexity index is 1260. The van der Waals surface area contributed by atoms with E-state index in [-0.39, 0.29) is 5.41 Å². The molecule has 4 rings (SSSR count). The molecule has 0 spiro atoms. The monoisotopic (exact) mass is 409 g/mol. The number of aromatic nitrogens is 2. The largest absolute Gasteiger partial charge is 0.256 e. The molecule has 0 unspecified atom stereocenters. The van der Waals surface area contributed by atoms with Gasteiger partial charge in [-0.2, -0.15) is 4.57 Å². The van der Waals surface area contributed by atoms with Crippen LogP contribution < -0.4 is 4.57 Å². The summed E-state index contributed by atoms with van der Waals surface area (Å²) in [6.07, 6.45) is 3.06. The van der Waals surface area contributed by atoms with Gasteiger partial charge in [-0.3, -0.25) is 4.98 Å². The number of hydrogen-bond acceptors (Lipinski definition) is 1. The van der Waals surface area contributed by atoms with Gasteiger partial charge in [0.05, 0.1) is 5.69 Å². The summed E-state index contributed by atoms with van der Waals surface area (Å²) in [4.78, 5) is 4.78. The van der Waals surface area contributed by atoms with E-state index >= 15 is 0 Å². The third-order valence-electron chi connectivity index (χ3n) is 6.12. The fourth-order valence-electron chi connectivity index (χ4n) is 4.43. The van der Waals surface area contributed by atoms with E-state index in [1.165, 1.54) is 44.4 Å². The molecule has 0 N–H and O–H groups in total. The van der Waals surface area contributed by atoms with E-state index in [9.17, 15) is 0 Å². The van der Waals surface area contributed by atoms with Crippen molar-refractivity contribution in [3.05, 3.63) is 83.0 Å². The minimum atomic E-state index is 0.266. The molecule has 0 amide bonds. The van der Waals surface area contributed by atoms with Crippen LogP contribution in [0.2, 0.25) is 0 Å². The zero-order chi connectivity index (χ0) is 22.3. The number of benzene rings is 2. The van der Waals surface area contributed by atoms with Crippen LogP contribution in [0.4, 0.5) is 0 Å². The first-order valence-electron chi connectivity index (χ1n) is 11.1. The molecule has 4 aromatic rings. The maximum absolute atomic E-state index is 4.78. The van der Waals surface area contributed by atoms with Crippen LogP contribution >= 0.6 is 0 Å². The van der Waals surface area contributed by atoms with Crippen molar-refractivity contribution in [2.75, 3.05) is 0 Å². The van der Waals surface area contributed by atoms with Crippen LogP contribution in [-0.2, 0) is 13.5 Å². The quantitative estimate of drug-likeness (QED) is 0.336.